The first-order valence-electron chi connectivity index (χ1n) is 6.84. The van der Waals surface area contributed by atoms with Crippen molar-refractivity contribution in [3.63, 3.8) is 0 Å². The molecule has 0 unspecified atom stereocenters. The maximum absolute atomic E-state index is 5.81. The fourth-order valence-corrected chi connectivity index (χ4v) is 3.16. The van der Waals surface area contributed by atoms with Crippen molar-refractivity contribution >= 4 is 16.5 Å². The molecule has 0 spiro atoms. The Bertz CT molecular complexity index is 577. The first kappa shape index (κ1) is 14.9. The second-order valence-electron chi connectivity index (χ2n) is 5.29. The van der Waals surface area contributed by atoms with Gasteiger partial charge in [0.15, 0.2) is 5.13 Å². The molecule has 0 saturated heterocycles. The summed E-state index contributed by atoms with van der Waals surface area (Å²) in [5.41, 5.74) is 9.04. The number of thiazole rings is 1. The van der Waals surface area contributed by atoms with Gasteiger partial charge >= 0.3 is 0 Å². The van der Waals surface area contributed by atoms with E-state index in [0.717, 1.165) is 28.8 Å². The predicted molar refractivity (Wildman–Crippen MR) is 85.2 cm³/mol. The van der Waals surface area contributed by atoms with Gasteiger partial charge in [-0.3, -0.25) is 4.98 Å². The van der Waals surface area contributed by atoms with E-state index in [9.17, 15) is 0 Å². The molecular weight excluding hydrogens is 268 g/mol. The monoisotopic (exact) mass is 290 g/mol. The Morgan fingerprint density at radius 1 is 1.30 bits per heavy atom. The molecule has 5 heteroatoms. The van der Waals surface area contributed by atoms with Gasteiger partial charge in [-0.15, -0.1) is 11.3 Å². The van der Waals surface area contributed by atoms with Crippen LogP contribution < -0.4 is 10.6 Å². The number of nitrogens with zero attached hydrogens (tertiary/aromatic N) is 3. The van der Waals surface area contributed by atoms with Gasteiger partial charge in [-0.2, -0.15) is 0 Å². The molecule has 0 bridgehead atoms. The minimum absolute atomic E-state index is 0.407. The number of hydrogen-bond acceptors (Lipinski definition) is 5. The number of anilines is 1. The molecule has 0 amide bonds. The van der Waals surface area contributed by atoms with Gasteiger partial charge in [0.05, 0.1) is 17.9 Å². The van der Waals surface area contributed by atoms with E-state index in [1.165, 1.54) is 4.88 Å². The SMILES string of the molecule is Cc1cccc(CN(C)c2nc(C(C)C)c(CN)s2)n1. The quantitative estimate of drug-likeness (QED) is 0.919. The Hall–Kier alpha value is -1.46. The summed E-state index contributed by atoms with van der Waals surface area (Å²) in [5, 5.41) is 1.01. The number of aromatic nitrogens is 2. The number of nitrogens with two attached hydrogens (primary N) is 1. The molecule has 0 atom stereocenters. The smallest absolute Gasteiger partial charge is 0.185 e. The van der Waals surface area contributed by atoms with E-state index in [0.29, 0.717) is 12.5 Å². The molecule has 2 N–H and O–H groups in total. The van der Waals surface area contributed by atoms with E-state index in [2.05, 4.69) is 23.7 Å². The van der Waals surface area contributed by atoms with Crippen LogP contribution in [0.3, 0.4) is 0 Å². The van der Waals surface area contributed by atoms with Crippen molar-refractivity contribution in [2.45, 2.75) is 39.8 Å². The van der Waals surface area contributed by atoms with Gasteiger partial charge in [-0.25, -0.2) is 4.98 Å². The molecule has 2 aromatic rings. The van der Waals surface area contributed by atoms with Crippen molar-refractivity contribution in [3.8, 4) is 0 Å². The van der Waals surface area contributed by atoms with E-state index in [-0.39, 0.29) is 0 Å². The van der Waals surface area contributed by atoms with Crippen molar-refractivity contribution in [1.82, 2.24) is 9.97 Å². The fraction of sp³-hybridized carbons (Fsp3) is 0.467. The Kier molecular flexibility index (Phi) is 4.73. The summed E-state index contributed by atoms with van der Waals surface area (Å²) >= 11 is 1.68. The number of rotatable bonds is 5. The van der Waals surface area contributed by atoms with Gasteiger partial charge in [0, 0.05) is 24.2 Å². The van der Waals surface area contributed by atoms with Crippen LogP contribution in [0.2, 0.25) is 0 Å². The number of hydrogen-bond donors (Lipinski definition) is 1. The van der Waals surface area contributed by atoms with Crippen LogP contribution in [0, 0.1) is 6.92 Å². The van der Waals surface area contributed by atoms with Crippen LogP contribution in [0.1, 0.15) is 41.7 Å². The number of aryl methyl sites for hydroxylation is 1. The second-order valence-corrected chi connectivity index (χ2v) is 6.35. The summed E-state index contributed by atoms with van der Waals surface area (Å²) < 4.78 is 0. The minimum Gasteiger partial charge on any atom is -0.345 e. The molecule has 2 aromatic heterocycles. The topological polar surface area (TPSA) is 55.0 Å². The van der Waals surface area contributed by atoms with Gasteiger partial charge in [-0.1, -0.05) is 19.9 Å². The lowest BCUT2D eigenvalue weighted by molar-refractivity contribution is 0.801. The molecule has 0 radical (unpaired) electrons. The van der Waals surface area contributed by atoms with Gasteiger partial charge in [0.2, 0.25) is 0 Å². The van der Waals surface area contributed by atoms with Crippen molar-refractivity contribution in [1.29, 1.82) is 0 Å². The zero-order valence-corrected chi connectivity index (χ0v) is 13.4. The zero-order chi connectivity index (χ0) is 14.7. The average Bonchev–Trinajstić information content (AvgIpc) is 2.83. The molecule has 0 aliphatic carbocycles. The van der Waals surface area contributed by atoms with E-state index in [4.69, 9.17) is 10.7 Å². The van der Waals surface area contributed by atoms with Crippen molar-refractivity contribution in [2.75, 3.05) is 11.9 Å². The molecule has 108 valence electrons. The molecular formula is C15H22N4S. The summed E-state index contributed by atoms with van der Waals surface area (Å²) in [4.78, 5) is 12.6. The predicted octanol–water partition coefficient (Wildman–Crippen LogP) is 3.07. The molecule has 2 rings (SSSR count). The standard InChI is InChI=1S/C15H22N4S/c1-10(2)14-13(8-16)20-15(18-14)19(4)9-12-7-5-6-11(3)17-12/h5-7,10H,8-9,16H2,1-4H3. The zero-order valence-electron chi connectivity index (χ0n) is 12.6. The molecule has 2 heterocycles. The average molecular weight is 290 g/mol. The van der Waals surface area contributed by atoms with Gasteiger partial charge in [-0.05, 0) is 25.0 Å². The summed E-state index contributed by atoms with van der Waals surface area (Å²) in [7, 11) is 2.05. The van der Waals surface area contributed by atoms with Gasteiger partial charge < -0.3 is 10.6 Å². The van der Waals surface area contributed by atoms with Crippen LogP contribution in [0.25, 0.3) is 0 Å². The van der Waals surface area contributed by atoms with Crippen molar-refractivity contribution in [3.05, 3.63) is 40.2 Å². The van der Waals surface area contributed by atoms with Crippen LogP contribution in [0.5, 0.6) is 0 Å². The summed E-state index contributed by atoms with van der Waals surface area (Å²) in [5.74, 6) is 0.407. The normalized spacial score (nSPS) is 11.1. The Balaban J connectivity index is 2.19. The van der Waals surface area contributed by atoms with Crippen LogP contribution in [0.15, 0.2) is 18.2 Å². The Morgan fingerprint density at radius 3 is 2.60 bits per heavy atom. The summed E-state index contributed by atoms with van der Waals surface area (Å²) in [6, 6.07) is 6.10. The third-order valence-electron chi connectivity index (χ3n) is 3.12. The Labute approximate surface area is 124 Å². The molecule has 0 aromatic carbocycles. The summed E-state index contributed by atoms with van der Waals surface area (Å²) in [6.07, 6.45) is 0. The lowest BCUT2D eigenvalue weighted by Crippen LogP contribution is -2.17. The first-order chi connectivity index (χ1) is 9.51. The molecule has 0 aliphatic heterocycles. The van der Waals surface area contributed by atoms with Crippen molar-refractivity contribution in [2.24, 2.45) is 5.73 Å². The minimum atomic E-state index is 0.407. The van der Waals surface area contributed by atoms with Crippen LogP contribution >= 0.6 is 11.3 Å². The van der Waals surface area contributed by atoms with Crippen LogP contribution in [0.4, 0.5) is 5.13 Å². The van der Waals surface area contributed by atoms with E-state index in [1.807, 2.05) is 32.2 Å². The Morgan fingerprint density at radius 2 is 2.05 bits per heavy atom. The number of pyridine rings is 1. The van der Waals surface area contributed by atoms with E-state index < -0.39 is 0 Å². The summed E-state index contributed by atoms with van der Waals surface area (Å²) in [6.45, 7) is 7.63. The maximum Gasteiger partial charge on any atom is 0.185 e. The van der Waals surface area contributed by atoms with Gasteiger partial charge in [0.1, 0.15) is 0 Å². The molecule has 20 heavy (non-hydrogen) atoms. The molecule has 0 fully saturated rings. The first-order valence-corrected chi connectivity index (χ1v) is 7.66. The van der Waals surface area contributed by atoms with Crippen molar-refractivity contribution < 1.29 is 0 Å². The molecule has 4 nitrogen and oxygen atoms in total. The molecule has 0 aliphatic rings. The fourth-order valence-electron chi connectivity index (χ4n) is 2.11. The highest BCUT2D eigenvalue weighted by Crippen LogP contribution is 2.30. The van der Waals surface area contributed by atoms with E-state index in [1.54, 1.807) is 11.3 Å². The lowest BCUT2D eigenvalue weighted by Gasteiger charge is -2.15. The highest BCUT2D eigenvalue weighted by Gasteiger charge is 2.15. The third kappa shape index (κ3) is 3.35. The van der Waals surface area contributed by atoms with Crippen LogP contribution in [-0.2, 0) is 13.1 Å². The van der Waals surface area contributed by atoms with E-state index >= 15 is 0 Å². The largest absolute Gasteiger partial charge is 0.345 e. The maximum atomic E-state index is 5.81. The lowest BCUT2D eigenvalue weighted by atomic mass is 10.1. The molecule has 0 saturated carbocycles. The van der Waals surface area contributed by atoms with Crippen LogP contribution in [-0.4, -0.2) is 17.0 Å². The highest BCUT2D eigenvalue weighted by molar-refractivity contribution is 7.15. The highest BCUT2D eigenvalue weighted by atomic mass is 32.1. The third-order valence-corrected chi connectivity index (χ3v) is 4.33. The second kappa shape index (κ2) is 6.33. The van der Waals surface area contributed by atoms with Gasteiger partial charge in [0.25, 0.3) is 0 Å².